The first kappa shape index (κ1) is 30.6. The van der Waals surface area contributed by atoms with Gasteiger partial charge in [-0.2, -0.15) is 0 Å². The zero-order valence-corrected chi connectivity index (χ0v) is 20.3. The topological polar surface area (TPSA) is 27.7 Å². The van der Waals surface area contributed by atoms with E-state index in [0.717, 1.165) is 26.1 Å². The Balaban J connectivity index is 0. The average Bonchev–Trinajstić information content (AvgIpc) is 2.74. The Kier molecular flexibility index (Phi) is 33.8. The molecule has 0 aromatic rings. The molecule has 0 radical (unpaired) electrons. The molecule has 0 unspecified atom stereocenters. The van der Waals surface area contributed by atoms with E-state index in [9.17, 15) is 0 Å². The van der Waals surface area contributed by atoms with Crippen LogP contribution in [0.2, 0.25) is 0 Å². The molecule has 29 heavy (non-hydrogen) atoms. The maximum absolute atomic E-state index is 5.06. The van der Waals surface area contributed by atoms with Gasteiger partial charge in [-0.25, -0.2) is 0 Å². The summed E-state index contributed by atoms with van der Waals surface area (Å²) in [7, 11) is 0. The largest absolute Gasteiger partial charge is 0.355 e. The summed E-state index contributed by atoms with van der Waals surface area (Å²) in [6.07, 6.45) is 27.6. The van der Waals surface area contributed by atoms with E-state index >= 15 is 0 Å². The van der Waals surface area contributed by atoms with Crippen molar-refractivity contribution in [1.29, 1.82) is 0 Å². The molecular formula is C26H52O3. The van der Waals surface area contributed by atoms with Crippen molar-refractivity contribution in [1.82, 2.24) is 0 Å². The molecule has 0 saturated carbocycles. The van der Waals surface area contributed by atoms with Crippen molar-refractivity contribution in [2.45, 2.75) is 118 Å². The Morgan fingerprint density at radius 2 is 0.897 bits per heavy atom. The highest BCUT2D eigenvalue weighted by Crippen LogP contribution is 2.09. The summed E-state index contributed by atoms with van der Waals surface area (Å²) < 4.78 is 15.1. The van der Waals surface area contributed by atoms with Gasteiger partial charge in [0, 0.05) is 13.2 Å². The fourth-order valence-corrected chi connectivity index (χ4v) is 2.63. The van der Waals surface area contributed by atoms with Crippen LogP contribution in [-0.4, -0.2) is 26.8 Å². The van der Waals surface area contributed by atoms with Gasteiger partial charge in [-0.15, -0.1) is 0 Å². The van der Waals surface area contributed by atoms with Crippen molar-refractivity contribution in [2.24, 2.45) is 0 Å². The minimum Gasteiger partial charge on any atom is -0.355 e. The molecule has 0 amide bonds. The van der Waals surface area contributed by atoms with Crippen LogP contribution >= 0.6 is 0 Å². The molecule has 0 aliphatic carbocycles. The smallest absolute Gasteiger partial charge is 0.149 e. The van der Waals surface area contributed by atoms with Crippen LogP contribution in [-0.2, 0) is 14.2 Å². The van der Waals surface area contributed by atoms with Gasteiger partial charge in [0.05, 0.1) is 0 Å². The second-order valence-corrected chi connectivity index (χ2v) is 7.45. The van der Waals surface area contributed by atoms with Gasteiger partial charge in [0.2, 0.25) is 0 Å². The Labute approximate surface area is 183 Å². The third-order valence-electron chi connectivity index (χ3n) is 4.32. The summed E-state index contributed by atoms with van der Waals surface area (Å²) in [5, 5.41) is 0. The van der Waals surface area contributed by atoms with Gasteiger partial charge < -0.3 is 14.2 Å². The van der Waals surface area contributed by atoms with Gasteiger partial charge in [0.1, 0.15) is 13.6 Å². The quantitative estimate of drug-likeness (QED) is 0.107. The minimum atomic E-state index is 0.345. The number of ether oxygens (including phenoxy) is 3. The summed E-state index contributed by atoms with van der Waals surface area (Å²) in [6.45, 7) is 10.8. The lowest BCUT2D eigenvalue weighted by Gasteiger charge is -2.04. The second-order valence-electron chi connectivity index (χ2n) is 7.45. The number of allylic oxidation sites excluding steroid dienone is 4. The van der Waals surface area contributed by atoms with Crippen molar-refractivity contribution in [3.05, 3.63) is 24.3 Å². The first-order valence-corrected chi connectivity index (χ1v) is 12.4. The van der Waals surface area contributed by atoms with Crippen molar-refractivity contribution in [3.8, 4) is 0 Å². The first-order valence-electron chi connectivity index (χ1n) is 12.4. The molecule has 0 atom stereocenters. The Morgan fingerprint density at radius 3 is 1.34 bits per heavy atom. The highest BCUT2D eigenvalue weighted by Gasteiger charge is 1.90. The lowest BCUT2D eigenvalue weighted by atomic mass is 10.1. The van der Waals surface area contributed by atoms with Crippen LogP contribution in [0.25, 0.3) is 0 Å². The van der Waals surface area contributed by atoms with Crippen molar-refractivity contribution in [3.63, 3.8) is 0 Å². The van der Waals surface area contributed by atoms with Crippen molar-refractivity contribution >= 4 is 0 Å². The van der Waals surface area contributed by atoms with Crippen LogP contribution in [0.5, 0.6) is 0 Å². The van der Waals surface area contributed by atoms with E-state index in [2.05, 4.69) is 52.0 Å². The standard InChI is InChI=1S/C18H34.C8H18O3/c1-3-5-7-9-11-13-15-17-18-16-14-12-10-8-6-4-2;1-3-5-9-7-11-8-10-6-4-2/h5,7,10,12H,3-4,6,8-9,11,13-18H2,1-2H3;3-8H2,1-2H3/b7-5-,12-10-;. The number of unbranched alkanes of at least 4 members (excludes halogenated alkanes) is 9. The zero-order chi connectivity index (χ0) is 21.7. The van der Waals surface area contributed by atoms with E-state index in [0.29, 0.717) is 13.6 Å². The minimum absolute atomic E-state index is 0.345. The molecule has 0 spiro atoms. The van der Waals surface area contributed by atoms with Crippen molar-refractivity contribution in [2.75, 3.05) is 26.8 Å². The van der Waals surface area contributed by atoms with Gasteiger partial charge >= 0.3 is 0 Å². The number of hydrogen-bond donors (Lipinski definition) is 0. The van der Waals surface area contributed by atoms with Crippen molar-refractivity contribution < 1.29 is 14.2 Å². The molecule has 0 aliphatic rings. The summed E-state index contributed by atoms with van der Waals surface area (Å²) in [4.78, 5) is 0. The van der Waals surface area contributed by atoms with E-state index in [4.69, 9.17) is 14.2 Å². The van der Waals surface area contributed by atoms with E-state index in [1.807, 2.05) is 0 Å². The van der Waals surface area contributed by atoms with E-state index in [1.165, 1.54) is 77.0 Å². The summed E-state index contributed by atoms with van der Waals surface area (Å²) >= 11 is 0. The normalized spacial score (nSPS) is 11.3. The van der Waals surface area contributed by atoms with E-state index in [1.54, 1.807) is 0 Å². The van der Waals surface area contributed by atoms with Crippen LogP contribution in [0.1, 0.15) is 118 Å². The SMILES string of the molecule is CC/C=C\CCCCCCCC/C=C\CCCC.CCCOCOCOCCC. The number of hydrogen-bond acceptors (Lipinski definition) is 3. The Morgan fingerprint density at radius 1 is 0.448 bits per heavy atom. The lowest BCUT2D eigenvalue weighted by molar-refractivity contribution is -0.130. The Bertz CT molecular complexity index is 305. The fraction of sp³-hybridized carbons (Fsp3) is 0.846. The molecule has 0 bridgehead atoms. The van der Waals surface area contributed by atoms with Gasteiger partial charge in [0.15, 0.2) is 0 Å². The second kappa shape index (κ2) is 32.0. The molecule has 0 N–H and O–H groups in total. The van der Waals surface area contributed by atoms with E-state index < -0.39 is 0 Å². The molecule has 3 nitrogen and oxygen atoms in total. The molecule has 174 valence electrons. The van der Waals surface area contributed by atoms with Crippen LogP contribution in [0.15, 0.2) is 24.3 Å². The molecule has 0 aromatic heterocycles. The average molecular weight is 413 g/mol. The van der Waals surface area contributed by atoms with Gasteiger partial charge in [-0.05, 0) is 51.4 Å². The molecule has 0 fully saturated rings. The van der Waals surface area contributed by atoms with Crippen LogP contribution in [0.4, 0.5) is 0 Å². The highest BCUT2D eigenvalue weighted by molar-refractivity contribution is 4.81. The highest BCUT2D eigenvalue weighted by atomic mass is 16.7. The molecule has 0 saturated heterocycles. The maximum atomic E-state index is 5.06. The van der Waals surface area contributed by atoms with Gasteiger partial charge in [0.25, 0.3) is 0 Å². The predicted molar refractivity (Wildman–Crippen MR) is 128 cm³/mol. The first-order chi connectivity index (χ1) is 14.3. The molecule has 0 heterocycles. The maximum Gasteiger partial charge on any atom is 0.149 e. The van der Waals surface area contributed by atoms with E-state index in [-0.39, 0.29) is 0 Å². The molecular weight excluding hydrogens is 360 g/mol. The van der Waals surface area contributed by atoms with Crippen LogP contribution < -0.4 is 0 Å². The third-order valence-corrected chi connectivity index (χ3v) is 4.32. The number of rotatable bonds is 21. The molecule has 0 rings (SSSR count). The third kappa shape index (κ3) is 35.2. The summed E-state index contributed by atoms with van der Waals surface area (Å²) in [5.74, 6) is 0. The molecule has 3 heteroatoms. The monoisotopic (exact) mass is 412 g/mol. The lowest BCUT2D eigenvalue weighted by Crippen LogP contribution is -2.05. The Hall–Kier alpha value is -0.640. The summed E-state index contributed by atoms with van der Waals surface area (Å²) in [6, 6.07) is 0. The molecule has 0 aliphatic heterocycles. The molecule has 0 aromatic carbocycles. The van der Waals surface area contributed by atoms with Gasteiger partial charge in [-0.1, -0.05) is 90.5 Å². The van der Waals surface area contributed by atoms with Gasteiger partial charge in [-0.3, -0.25) is 0 Å². The van der Waals surface area contributed by atoms with Crippen LogP contribution in [0.3, 0.4) is 0 Å². The summed E-state index contributed by atoms with van der Waals surface area (Å²) in [5.41, 5.74) is 0. The zero-order valence-electron chi connectivity index (χ0n) is 20.3. The predicted octanol–water partition coefficient (Wildman–Crippen LogP) is 8.59. The van der Waals surface area contributed by atoms with Crippen LogP contribution in [0, 0.1) is 0 Å². The fourth-order valence-electron chi connectivity index (χ4n) is 2.63.